The number of amides is 1. The van der Waals surface area contributed by atoms with Crippen molar-refractivity contribution in [3.63, 3.8) is 0 Å². The lowest BCUT2D eigenvalue weighted by molar-refractivity contribution is -0.129. The van der Waals surface area contributed by atoms with Crippen molar-refractivity contribution in [1.29, 1.82) is 0 Å². The molecule has 0 unspecified atom stereocenters. The van der Waals surface area contributed by atoms with Crippen LogP contribution < -0.4 is 0 Å². The van der Waals surface area contributed by atoms with E-state index < -0.39 is 0 Å². The topological polar surface area (TPSA) is 54.3 Å². The molecule has 0 N–H and O–H groups in total. The molecule has 128 valence electrons. The van der Waals surface area contributed by atoms with Gasteiger partial charge in [-0.1, -0.05) is 23.4 Å². The number of carbonyl (C=O) groups is 1. The Morgan fingerprint density at radius 1 is 1.12 bits per heavy atom. The van der Waals surface area contributed by atoms with Crippen LogP contribution >= 0.6 is 23.4 Å². The van der Waals surface area contributed by atoms with Crippen LogP contribution in [0, 0.1) is 0 Å². The average molecular weight is 366 g/mol. The quantitative estimate of drug-likeness (QED) is 0.776. The van der Waals surface area contributed by atoms with Crippen molar-refractivity contribution in [1.82, 2.24) is 24.6 Å². The van der Waals surface area contributed by atoms with E-state index in [4.69, 9.17) is 11.6 Å². The van der Waals surface area contributed by atoms with E-state index >= 15 is 0 Å². The fourth-order valence-corrected chi connectivity index (χ4v) is 3.50. The van der Waals surface area contributed by atoms with Crippen LogP contribution in [0.15, 0.2) is 29.4 Å². The summed E-state index contributed by atoms with van der Waals surface area (Å²) in [5, 5.41) is 9.87. The SMILES string of the molecule is CN1CCN(C(=O)CSc2nnc(-c3ccc(Cl)cc3)n2C)CC1. The van der Waals surface area contributed by atoms with Crippen molar-refractivity contribution in [3.05, 3.63) is 29.3 Å². The summed E-state index contributed by atoms with van der Waals surface area (Å²) in [4.78, 5) is 16.5. The van der Waals surface area contributed by atoms with Gasteiger partial charge in [-0.25, -0.2) is 0 Å². The highest BCUT2D eigenvalue weighted by Gasteiger charge is 2.20. The predicted molar refractivity (Wildman–Crippen MR) is 96.3 cm³/mol. The highest BCUT2D eigenvalue weighted by atomic mass is 35.5. The lowest BCUT2D eigenvalue weighted by Gasteiger charge is -2.32. The summed E-state index contributed by atoms with van der Waals surface area (Å²) in [5.74, 6) is 1.31. The molecule has 1 aliphatic heterocycles. The molecule has 0 saturated carbocycles. The maximum Gasteiger partial charge on any atom is 0.233 e. The van der Waals surface area contributed by atoms with Gasteiger partial charge in [0.25, 0.3) is 0 Å². The molecule has 2 aromatic rings. The molecule has 1 fully saturated rings. The van der Waals surface area contributed by atoms with Gasteiger partial charge in [0, 0.05) is 43.8 Å². The summed E-state index contributed by atoms with van der Waals surface area (Å²) in [7, 11) is 3.99. The fraction of sp³-hybridized carbons (Fsp3) is 0.438. The molecule has 1 aliphatic rings. The molecule has 1 aromatic heterocycles. The monoisotopic (exact) mass is 365 g/mol. The first-order valence-corrected chi connectivity index (χ1v) is 9.15. The fourth-order valence-electron chi connectivity index (χ4n) is 2.56. The minimum atomic E-state index is 0.157. The van der Waals surface area contributed by atoms with Crippen molar-refractivity contribution >= 4 is 29.3 Å². The number of piperazine rings is 1. The molecule has 3 rings (SSSR count). The van der Waals surface area contributed by atoms with E-state index in [9.17, 15) is 4.79 Å². The van der Waals surface area contributed by atoms with Gasteiger partial charge in [-0.05, 0) is 31.3 Å². The van der Waals surface area contributed by atoms with E-state index in [1.165, 1.54) is 11.8 Å². The molecule has 0 bridgehead atoms. The third kappa shape index (κ3) is 3.91. The summed E-state index contributed by atoms with van der Waals surface area (Å²) < 4.78 is 1.91. The average Bonchev–Trinajstić information content (AvgIpc) is 2.95. The molecule has 1 amide bonds. The van der Waals surface area contributed by atoms with Gasteiger partial charge >= 0.3 is 0 Å². The number of likely N-dealkylation sites (N-methyl/N-ethyl adjacent to an activating group) is 1. The van der Waals surface area contributed by atoms with Crippen molar-refractivity contribution in [2.45, 2.75) is 5.16 Å². The minimum Gasteiger partial charge on any atom is -0.339 e. The third-order valence-corrected chi connectivity index (χ3v) is 5.38. The molecule has 8 heteroatoms. The van der Waals surface area contributed by atoms with Gasteiger partial charge in [0.2, 0.25) is 5.91 Å². The first-order chi connectivity index (χ1) is 11.5. The molecule has 6 nitrogen and oxygen atoms in total. The Labute approximate surface area is 150 Å². The first kappa shape index (κ1) is 17.3. The van der Waals surface area contributed by atoms with Crippen LogP contribution in [0.5, 0.6) is 0 Å². The number of carbonyl (C=O) groups excluding carboxylic acids is 1. The smallest absolute Gasteiger partial charge is 0.233 e. The number of halogens is 1. The number of aromatic nitrogens is 3. The zero-order valence-electron chi connectivity index (χ0n) is 13.8. The van der Waals surface area contributed by atoms with Gasteiger partial charge in [-0.15, -0.1) is 10.2 Å². The van der Waals surface area contributed by atoms with E-state index in [-0.39, 0.29) is 5.91 Å². The van der Waals surface area contributed by atoms with Gasteiger partial charge in [-0.3, -0.25) is 4.79 Å². The Hall–Kier alpha value is -1.57. The van der Waals surface area contributed by atoms with Crippen molar-refractivity contribution in [3.8, 4) is 11.4 Å². The van der Waals surface area contributed by atoms with Crippen LogP contribution in [0.3, 0.4) is 0 Å². The van der Waals surface area contributed by atoms with Gasteiger partial charge in [0.05, 0.1) is 5.75 Å². The van der Waals surface area contributed by atoms with Crippen LogP contribution in [-0.2, 0) is 11.8 Å². The Balaban J connectivity index is 1.62. The number of benzene rings is 1. The lowest BCUT2D eigenvalue weighted by atomic mass is 10.2. The zero-order valence-corrected chi connectivity index (χ0v) is 15.3. The highest BCUT2D eigenvalue weighted by molar-refractivity contribution is 7.99. The summed E-state index contributed by atoms with van der Waals surface area (Å²) in [6, 6.07) is 7.48. The maximum atomic E-state index is 12.3. The minimum absolute atomic E-state index is 0.157. The van der Waals surface area contributed by atoms with Crippen molar-refractivity contribution < 1.29 is 4.79 Å². The summed E-state index contributed by atoms with van der Waals surface area (Å²) in [6.07, 6.45) is 0. The number of nitrogens with zero attached hydrogens (tertiary/aromatic N) is 5. The molecule has 0 aliphatic carbocycles. The van der Waals surface area contributed by atoms with Gasteiger partial charge in [-0.2, -0.15) is 0 Å². The van der Waals surface area contributed by atoms with Crippen LogP contribution in [0.4, 0.5) is 0 Å². The van der Waals surface area contributed by atoms with Crippen molar-refractivity contribution in [2.24, 2.45) is 7.05 Å². The van der Waals surface area contributed by atoms with Gasteiger partial charge in [0.1, 0.15) is 0 Å². The largest absolute Gasteiger partial charge is 0.339 e. The molecule has 0 radical (unpaired) electrons. The third-order valence-electron chi connectivity index (χ3n) is 4.12. The molecule has 24 heavy (non-hydrogen) atoms. The van der Waals surface area contributed by atoms with Crippen LogP contribution in [-0.4, -0.2) is 69.5 Å². The predicted octanol–water partition coefficient (Wildman–Crippen LogP) is 2.00. The second-order valence-electron chi connectivity index (χ2n) is 5.84. The summed E-state index contributed by atoms with van der Waals surface area (Å²) in [5.41, 5.74) is 0.951. The maximum absolute atomic E-state index is 12.3. The van der Waals surface area contributed by atoms with Crippen LogP contribution in [0.1, 0.15) is 0 Å². The molecule has 0 atom stereocenters. The number of rotatable bonds is 4. The Kier molecular flexibility index (Phi) is 5.43. The summed E-state index contributed by atoms with van der Waals surface area (Å²) in [6.45, 7) is 3.46. The lowest BCUT2D eigenvalue weighted by Crippen LogP contribution is -2.47. The normalized spacial score (nSPS) is 15.7. The standard InChI is InChI=1S/C16H20ClN5OS/c1-20-7-9-22(10-8-20)14(23)11-24-16-19-18-15(21(16)2)12-3-5-13(17)6-4-12/h3-6H,7-11H2,1-2H3. The molecule has 0 spiro atoms. The Bertz CT molecular complexity index is 710. The van der Waals surface area contributed by atoms with E-state index in [2.05, 4.69) is 22.1 Å². The summed E-state index contributed by atoms with van der Waals surface area (Å²) >= 11 is 7.35. The number of hydrogen-bond donors (Lipinski definition) is 0. The van der Waals surface area contributed by atoms with E-state index in [1.54, 1.807) is 0 Å². The number of thioether (sulfide) groups is 1. The molecule has 1 saturated heterocycles. The zero-order chi connectivity index (χ0) is 17.1. The second-order valence-corrected chi connectivity index (χ2v) is 7.22. The van der Waals surface area contributed by atoms with E-state index in [0.29, 0.717) is 10.8 Å². The van der Waals surface area contributed by atoms with E-state index in [1.807, 2.05) is 40.8 Å². The molecule has 1 aromatic carbocycles. The van der Waals surface area contributed by atoms with Crippen LogP contribution in [0.2, 0.25) is 5.02 Å². The second kappa shape index (κ2) is 7.55. The molecular formula is C16H20ClN5OS. The van der Waals surface area contributed by atoms with Gasteiger partial charge < -0.3 is 14.4 Å². The highest BCUT2D eigenvalue weighted by Crippen LogP contribution is 2.24. The van der Waals surface area contributed by atoms with Gasteiger partial charge in [0.15, 0.2) is 11.0 Å². The Morgan fingerprint density at radius 3 is 2.46 bits per heavy atom. The number of hydrogen-bond acceptors (Lipinski definition) is 5. The molecular weight excluding hydrogens is 346 g/mol. The van der Waals surface area contributed by atoms with Crippen molar-refractivity contribution in [2.75, 3.05) is 39.0 Å². The van der Waals surface area contributed by atoms with E-state index in [0.717, 1.165) is 42.7 Å². The van der Waals surface area contributed by atoms with Crippen LogP contribution in [0.25, 0.3) is 11.4 Å². The molecule has 2 heterocycles. The first-order valence-electron chi connectivity index (χ1n) is 7.79. The Morgan fingerprint density at radius 2 is 1.79 bits per heavy atom.